The number of carbonyl (C=O) groups excluding carboxylic acids is 2. The fourth-order valence-electron chi connectivity index (χ4n) is 2.20. The van der Waals surface area contributed by atoms with Gasteiger partial charge in [-0.15, -0.1) is 12.4 Å². The van der Waals surface area contributed by atoms with Gasteiger partial charge in [0, 0.05) is 18.2 Å². The Kier molecular flexibility index (Phi) is 5.32. The van der Waals surface area contributed by atoms with Crippen molar-refractivity contribution >= 4 is 24.3 Å². The van der Waals surface area contributed by atoms with Gasteiger partial charge >= 0.3 is 5.97 Å². The van der Waals surface area contributed by atoms with Crippen LogP contribution in [0.2, 0.25) is 0 Å². The summed E-state index contributed by atoms with van der Waals surface area (Å²) in [6.45, 7) is 0.382. The molecule has 6 heteroatoms. The van der Waals surface area contributed by atoms with E-state index in [4.69, 9.17) is 10.5 Å². The third-order valence-electron chi connectivity index (χ3n) is 3.09. The van der Waals surface area contributed by atoms with Gasteiger partial charge in [-0.25, -0.2) is 4.79 Å². The van der Waals surface area contributed by atoms with Gasteiger partial charge in [-0.05, 0) is 18.6 Å². The number of hydrogen-bond acceptors (Lipinski definition) is 4. The van der Waals surface area contributed by atoms with Crippen molar-refractivity contribution in [3.05, 3.63) is 35.9 Å². The maximum Gasteiger partial charge on any atom is 0.328 e. The van der Waals surface area contributed by atoms with Crippen molar-refractivity contribution in [1.82, 2.24) is 4.90 Å². The van der Waals surface area contributed by atoms with Crippen LogP contribution in [0.15, 0.2) is 30.3 Å². The summed E-state index contributed by atoms with van der Waals surface area (Å²) < 4.78 is 4.71. The van der Waals surface area contributed by atoms with Crippen molar-refractivity contribution < 1.29 is 14.3 Å². The molecule has 1 saturated heterocycles. The molecule has 1 aliphatic rings. The quantitative estimate of drug-likeness (QED) is 0.816. The molecule has 0 aliphatic carbocycles. The molecular formula is C13H17ClN2O3. The van der Waals surface area contributed by atoms with Gasteiger partial charge in [-0.1, -0.05) is 18.2 Å². The molecule has 104 valence electrons. The van der Waals surface area contributed by atoms with Gasteiger partial charge in [0.25, 0.3) is 5.91 Å². The van der Waals surface area contributed by atoms with Gasteiger partial charge in [-0.3, -0.25) is 4.79 Å². The monoisotopic (exact) mass is 284 g/mol. The molecule has 0 spiro atoms. The second-order valence-electron chi connectivity index (χ2n) is 4.36. The standard InChI is InChI=1S/C13H16N2O3.ClH/c1-18-13(17)11-7-10(14)8-15(11)12(16)9-5-3-2-4-6-9;/h2-6,10-11H,7-8,14H2,1H3;1H/t10-,11-;/m0./s1. The molecule has 2 atom stereocenters. The first-order valence-electron chi connectivity index (χ1n) is 5.83. The Labute approximate surface area is 118 Å². The number of nitrogens with two attached hydrogens (primary N) is 1. The van der Waals surface area contributed by atoms with E-state index in [0.717, 1.165) is 0 Å². The predicted molar refractivity (Wildman–Crippen MR) is 73.1 cm³/mol. The lowest BCUT2D eigenvalue weighted by Crippen LogP contribution is -2.41. The van der Waals surface area contributed by atoms with E-state index in [0.29, 0.717) is 18.5 Å². The van der Waals surface area contributed by atoms with E-state index in [1.54, 1.807) is 24.3 Å². The molecule has 1 heterocycles. The zero-order valence-electron chi connectivity index (χ0n) is 10.6. The van der Waals surface area contributed by atoms with Gasteiger partial charge in [0.1, 0.15) is 6.04 Å². The Morgan fingerprint density at radius 1 is 1.32 bits per heavy atom. The zero-order chi connectivity index (χ0) is 13.1. The number of hydrogen-bond donors (Lipinski definition) is 1. The van der Waals surface area contributed by atoms with E-state index in [1.807, 2.05) is 6.07 Å². The molecule has 1 aromatic rings. The van der Waals surface area contributed by atoms with Crippen LogP contribution in [0.25, 0.3) is 0 Å². The maximum absolute atomic E-state index is 12.3. The average Bonchev–Trinajstić information content (AvgIpc) is 2.80. The van der Waals surface area contributed by atoms with Gasteiger partial charge in [0.2, 0.25) is 0 Å². The molecule has 2 rings (SSSR count). The Balaban J connectivity index is 0.00000180. The van der Waals surface area contributed by atoms with E-state index in [2.05, 4.69) is 0 Å². The predicted octanol–water partition coefficient (Wildman–Crippen LogP) is 0.823. The van der Waals surface area contributed by atoms with Gasteiger partial charge in [0.05, 0.1) is 7.11 Å². The van der Waals surface area contributed by atoms with Gasteiger partial charge < -0.3 is 15.4 Å². The van der Waals surface area contributed by atoms with E-state index in [1.165, 1.54) is 12.0 Å². The minimum Gasteiger partial charge on any atom is -0.467 e. The minimum atomic E-state index is -0.572. The van der Waals surface area contributed by atoms with Crippen LogP contribution >= 0.6 is 12.4 Å². The summed E-state index contributed by atoms with van der Waals surface area (Å²) in [5.41, 5.74) is 6.38. The molecule has 2 N–H and O–H groups in total. The van der Waals surface area contributed by atoms with Crippen LogP contribution in [0.5, 0.6) is 0 Å². The van der Waals surface area contributed by atoms with Crippen LogP contribution in [0.1, 0.15) is 16.8 Å². The van der Waals surface area contributed by atoms with Crippen molar-refractivity contribution in [3.63, 3.8) is 0 Å². The molecule has 5 nitrogen and oxygen atoms in total. The first-order valence-corrected chi connectivity index (χ1v) is 5.83. The molecule has 19 heavy (non-hydrogen) atoms. The van der Waals surface area contributed by atoms with Crippen LogP contribution in [-0.2, 0) is 9.53 Å². The van der Waals surface area contributed by atoms with E-state index >= 15 is 0 Å². The maximum atomic E-state index is 12.3. The van der Waals surface area contributed by atoms with Crippen molar-refractivity contribution in [1.29, 1.82) is 0 Å². The summed E-state index contributed by atoms with van der Waals surface area (Å²) in [5.74, 6) is -0.591. The fourth-order valence-corrected chi connectivity index (χ4v) is 2.20. The molecule has 0 saturated carbocycles. The topological polar surface area (TPSA) is 72.6 Å². The SMILES string of the molecule is COC(=O)[C@@H]1C[C@H](N)CN1C(=O)c1ccccc1.Cl. The number of esters is 1. The molecule has 0 bridgehead atoms. The second kappa shape index (κ2) is 6.54. The molecule has 1 aliphatic heterocycles. The fraction of sp³-hybridized carbons (Fsp3) is 0.385. The van der Waals surface area contributed by atoms with Crippen LogP contribution < -0.4 is 5.73 Å². The van der Waals surface area contributed by atoms with Gasteiger partial charge in [0.15, 0.2) is 0 Å². The molecule has 0 unspecified atom stereocenters. The van der Waals surface area contributed by atoms with Gasteiger partial charge in [-0.2, -0.15) is 0 Å². The number of ether oxygens (including phenoxy) is 1. The number of amides is 1. The zero-order valence-corrected chi connectivity index (χ0v) is 11.4. The van der Waals surface area contributed by atoms with E-state index in [9.17, 15) is 9.59 Å². The third-order valence-corrected chi connectivity index (χ3v) is 3.09. The number of methoxy groups -OCH3 is 1. The highest BCUT2D eigenvalue weighted by Crippen LogP contribution is 2.20. The van der Waals surface area contributed by atoms with E-state index < -0.39 is 12.0 Å². The average molecular weight is 285 g/mol. The summed E-state index contributed by atoms with van der Waals surface area (Å²) in [7, 11) is 1.32. The molecule has 0 radical (unpaired) electrons. The van der Waals surface area contributed by atoms with Crippen molar-refractivity contribution in [3.8, 4) is 0 Å². The van der Waals surface area contributed by atoms with Crippen molar-refractivity contribution in [2.24, 2.45) is 5.73 Å². The number of carbonyl (C=O) groups is 2. The second-order valence-corrected chi connectivity index (χ2v) is 4.36. The normalized spacial score (nSPS) is 21.7. The molecule has 1 fully saturated rings. The number of halogens is 1. The Morgan fingerprint density at radius 2 is 1.95 bits per heavy atom. The number of likely N-dealkylation sites (tertiary alicyclic amines) is 1. The number of rotatable bonds is 2. The summed E-state index contributed by atoms with van der Waals surface area (Å²) in [4.78, 5) is 25.4. The largest absolute Gasteiger partial charge is 0.467 e. The van der Waals surface area contributed by atoms with Crippen LogP contribution in [0, 0.1) is 0 Å². The molecule has 1 aromatic carbocycles. The number of benzene rings is 1. The molecular weight excluding hydrogens is 268 g/mol. The molecule has 0 aromatic heterocycles. The third kappa shape index (κ3) is 3.24. The van der Waals surface area contributed by atoms with Crippen LogP contribution in [0.4, 0.5) is 0 Å². The lowest BCUT2D eigenvalue weighted by molar-refractivity contribution is -0.145. The first-order chi connectivity index (χ1) is 8.63. The van der Waals surface area contributed by atoms with Crippen molar-refractivity contribution in [2.75, 3.05) is 13.7 Å². The van der Waals surface area contributed by atoms with Crippen LogP contribution in [-0.4, -0.2) is 42.5 Å². The smallest absolute Gasteiger partial charge is 0.328 e. The lowest BCUT2D eigenvalue weighted by Gasteiger charge is -2.22. The Hall–Kier alpha value is -1.59. The number of nitrogens with zero attached hydrogens (tertiary/aromatic N) is 1. The highest BCUT2D eigenvalue weighted by atomic mass is 35.5. The molecule has 1 amide bonds. The highest BCUT2D eigenvalue weighted by Gasteiger charge is 2.39. The summed E-state index contributed by atoms with van der Waals surface area (Å²) in [6, 6.07) is 8.11. The Bertz CT molecular complexity index is 452. The minimum absolute atomic E-state index is 0. The van der Waals surface area contributed by atoms with Crippen molar-refractivity contribution in [2.45, 2.75) is 18.5 Å². The van der Waals surface area contributed by atoms with E-state index in [-0.39, 0.29) is 24.4 Å². The first kappa shape index (κ1) is 15.5. The lowest BCUT2D eigenvalue weighted by atomic mass is 10.1. The Morgan fingerprint density at radius 3 is 2.53 bits per heavy atom. The van der Waals surface area contributed by atoms with Crippen LogP contribution in [0.3, 0.4) is 0 Å². The summed E-state index contributed by atoms with van der Waals surface area (Å²) in [6.07, 6.45) is 0.450. The summed E-state index contributed by atoms with van der Waals surface area (Å²) in [5, 5.41) is 0. The highest BCUT2D eigenvalue weighted by molar-refractivity contribution is 5.97. The summed E-state index contributed by atoms with van der Waals surface area (Å²) >= 11 is 0.